The van der Waals surface area contributed by atoms with Crippen LogP contribution in [0.3, 0.4) is 0 Å². The summed E-state index contributed by atoms with van der Waals surface area (Å²) in [5.74, 6) is -2.33. The lowest BCUT2D eigenvalue weighted by Crippen LogP contribution is -2.41. The predicted octanol–water partition coefficient (Wildman–Crippen LogP) is 1.64. The Morgan fingerprint density at radius 3 is 2.09 bits per heavy atom. The molecule has 10 heteroatoms. The summed E-state index contributed by atoms with van der Waals surface area (Å²) >= 11 is 0. The summed E-state index contributed by atoms with van der Waals surface area (Å²) in [4.78, 5) is 46.5. The van der Waals surface area contributed by atoms with E-state index in [0.717, 1.165) is 22.3 Å². The van der Waals surface area contributed by atoms with Crippen LogP contribution in [0.4, 0.5) is 4.79 Å². The zero-order valence-electron chi connectivity index (χ0n) is 19.4. The van der Waals surface area contributed by atoms with Crippen LogP contribution in [0.2, 0.25) is 0 Å². The molecule has 10 nitrogen and oxygen atoms in total. The minimum Gasteiger partial charge on any atom is -0.480 e. The molecule has 0 saturated carbocycles. The number of hydrogen-bond donors (Lipinski definition) is 4. The number of carbonyl (C=O) groups excluding carboxylic acids is 3. The Kier molecular flexibility index (Phi) is 9.19. The molecule has 186 valence electrons. The maximum atomic E-state index is 12.4. The number of ether oxygens (including phenoxy) is 2. The maximum Gasteiger partial charge on any atom is 0.407 e. The first-order valence-corrected chi connectivity index (χ1v) is 11.3. The first-order chi connectivity index (χ1) is 16.9. The monoisotopic (exact) mass is 483 g/mol. The van der Waals surface area contributed by atoms with Crippen LogP contribution in [0, 0.1) is 0 Å². The molecule has 3 amide bonds. The zero-order valence-corrected chi connectivity index (χ0v) is 19.4. The van der Waals surface area contributed by atoms with Gasteiger partial charge in [0.15, 0.2) is 0 Å². The molecule has 35 heavy (non-hydrogen) atoms. The second kappa shape index (κ2) is 12.5. The van der Waals surface area contributed by atoms with E-state index in [2.05, 4.69) is 28.1 Å². The largest absolute Gasteiger partial charge is 0.480 e. The number of nitrogens with one attached hydrogen (secondary N) is 3. The molecule has 0 radical (unpaired) electrons. The fraction of sp³-hybridized carbons (Fsp3) is 0.360. The maximum absolute atomic E-state index is 12.4. The van der Waals surface area contributed by atoms with E-state index in [4.69, 9.17) is 14.6 Å². The van der Waals surface area contributed by atoms with Gasteiger partial charge in [-0.1, -0.05) is 48.5 Å². The minimum atomic E-state index is -1.18. The Balaban J connectivity index is 1.46. The third kappa shape index (κ3) is 7.28. The van der Waals surface area contributed by atoms with Crippen LogP contribution in [-0.2, 0) is 23.9 Å². The average molecular weight is 484 g/mol. The molecule has 1 aliphatic carbocycles. The Morgan fingerprint density at radius 1 is 0.886 bits per heavy atom. The standard InChI is InChI=1S/C25H29N3O7/c1-2-34-16(11-22(29)26-13-23(30)27-14-24(31)32)12-28-25(33)35-15-21-19-9-5-3-7-17(19)18-8-4-6-10-20(18)21/h3-10,16,21H,2,11-15H2,1H3,(H,26,29)(H,27,30)(H,28,33)(H,31,32). The topological polar surface area (TPSA) is 143 Å². The van der Waals surface area contributed by atoms with Crippen molar-refractivity contribution < 1.29 is 33.8 Å². The van der Waals surface area contributed by atoms with Crippen LogP contribution in [0.25, 0.3) is 11.1 Å². The molecular formula is C25H29N3O7. The summed E-state index contributed by atoms with van der Waals surface area (Å²) in [5, 5.41) is 15.7. The first kappa shape index (κ1) is 25.7. The molecule has 1 aliphatic rings. The van der Waals surface area contributed by atoms with Crippen LogP contribution in [0.1, 0.15) is 30.4 Å². The fourth-order valence-corrected chi connectivity index (χ4v) is 3.97. The molecule has 0 saturated heterocycles. The molecule has 0 spiro atoms. The second-order valence-corrected chi connectivity index (χ2v) is 7.94. The number of carbonyl (C=O) groups is 4. The van der Waals surface area contributed by atoms with Gasteiger partial charge in [-0.25, -0.2) is 4.79 Å². The first-order valence-electron chi connectivity index (χ1n) is 11.3. The van der Waals surface area contributed by atoms with Gasteiger partial charge in [0, 0.05) is 19.1 Å². The third-order valence-electron chi connectivity index (χ3n) is 5.52. The molecule has 2 aromatic carbocycles. The SMILES string of the molecule is CCOC(CNC(=O)OCC1c2ccccc2-c2ccccc21)CC(=O)NCC(=O)NCC(=O)O. The van der Waals surface area contributed by atoms with Gasteiger partial charge in [0.05, 0.1) is 19.1 Å². The number of rotatable bonds is 12. The van der Waals surface area contributed by atoms with E-state index in [1.54, 1.807) is 6.92 Å². The van der Waals surface area contributed by atoms with E-state index in [1.165, 1.54) is 0 Å². The van der Waals surface area contributed by atoms with E-state index in [9.17, 15) is 19.2 Å². The van der Waals surface area contributed by atoms with Crippen molar-refractivity contribution in [3.05, 3.63) is 59.7 Å². The minimum absolute atomic E-state index is 0.0448. The van der Waals surface area contributed by atoms with Crippen LogP contribution in [0.15, 0.2) is 48.5 Å². The van der Waals surface area contributed by atoms with Crippen molar-refractivity contribution in [3.63, 3.8) is 0 Å². The molecular weight excluding hydrogens is 454 g/mol. The highest BCUT2D eigenvalue weighted by Gasteiger charge is 2.29. The van der Waals surface area contributed by atoms with E-state index in [-0.39, 0.29) is 32.0 Å². The number of hydrogen-bond acceptors (Lipinski definition) is 6. The highest BCUT2D eigenvalue weighted by Crippen LogP contribution is 2.44. The molecule has 0 fully saturated rings. The Hall–Kier alpha value is -3.92. The Morgan fingerprint density at radius 2 is 1.49 bits per heavy atom. The smallest absolute Gasteiger partial charge is 0.407 e. The number of carboxylic acid groups (broad SMARTS) is 1. The lowest BCUT2D eigenvalue weighted by atomic mass is 9.98. The van der Waals surface area contributed by atoms with E-state index < -0.39 is 36.5 Å². The van der Waals surface area contributed by atoms with Crippen molar-refractivity contribution >= 4 is 23.9 Å². The van der Waals surface area contributed by atoms with Crippen LogP contribution in [0.5, 0.6) is 0 Å². The van der Waals surface area contributed by atoms with Crippen LogP contribution < -0.4 is 16.0 Å². The Bertz CT molecular complexity index is 1030. The number of carboxylic acids is 1. The van der Waals surface area contributed by atoms with E-state index >= 15 is 0 Å². The fourth-order valence-electron chi connectivity index (χ4n) is 3.97. The van der Waals surface area contributed by atoms with Gasteiger partial charge in [0.1, 0.15) is 13.2 Å². The summed E-state index contributed by atoms with van der Waals surface area (Å²) in [6.07, 6.45) is -1.34. The van der Waals surface area contributed by atoms with E-state index in [1.807, 2.05) is 36.4 Å². The quantitative estimate of drug-likeness (QED) is 0.359. The number of fused-ring (bicyclic) bond motifs is 3. The van der Waals surface area contributed by atoms with Gasteiger partial charge < -0.3 is 30.5 Å². The van der Waals surface area contributed by atoms with Crippen LogP contribution >= 0.6 is 0 Å². The van der Waals surface area contributed by atoms with Crippen molar-refractivity contribution in [2.45, 2.75) is 25.4 Å². The Labute approximate surface area is 203 Å². The summed E-state index contributed by atoms with van der Waals surface area (Å²) in [6.45, 7) is 1.42. The van der Waals surface area contributed by atoms with Crippen molar-refractivity contribution in [2.75, 3.05) is 32.8 Å². The van der Waals surface area contributed by atoms with Gasteiger partial charge in [0.25, 0.3) is 0 Å². The lowest BCUT2D eigenvalue weighted by molar-refractivity contribution is -0.137. The number of alkyl carbamates (subject to hydrolysis) is 1. The summed E-state index contributed by atoms with van der Waals surface area (Å²) < 4.78 is 11.0. The highest BCUT2D eigenvalue weighted by atomic mass is 16.5. The number of benzene rings is 2. The molecule has 1 unspecified atom stereocenters. The van der Waals surface area contributed by atoms with Crippen molar-refractivity contribution in [3.8, 4) is 11.1 Å². The average Bonchev–Trinajstić information content (AvgIpc) is 3.17. The molecule has 0 heterocycles. The summed E-state index contributed by atoms with van der Waals surface area (Å²) in [7, 11) is 0. The number of aliphatic carboxylic acids is 1. The molecule has 0 aliphatic heterocycles. The molecule has 3 rings (SSSR count). The summed E-state index contributed by atoms with van der Waals surface area (Å²) in [6, 6.07) is 16.1. The second-order valence-electron chi connectivity index (χ2n) is 7.94. The van der Waals surface area contributed by atoms with E-state index in [0.29, 0.717) is 6.61 Å². The van der Waals surface area contributed by atoms with Gasteiger partial charge in [-0.3, -0.25) is 14.4 Å². The van der Waals surface area contributed by atoms with Gasteiger partial charge in [-0.05, 0) is 29.2 Å². The predicted molar refractivity (Wildman–Crippen MR) is 127 cm³/mol. The van der Waals surface area contributed by atoms with Crippen molar-refractivity contribution in [1.82, 2.24) is 16.0 Å². The van der Waals surface area contributed by atoms with Crippen molar-refractivity contribution in [1.29, 1.82) is 0 Å². The molecule has 4 N–H and O–H groups in total. The zero-order chi connectivity index (χ0) is 25.2. The molecule has 2 aromatic rings. The number of amides is 3. The van der Waals surface area contributed by atoms with Crippen LogP contribution in [-0.4, -0.2) is 67.9 Å². The molecule has 0 bridgehead atoms. The van der Waals surface area contributed by atoms with Gasteiger partial charge in [-0.15, -0.1) is 0 Å². The van der Waals surface area contributed by atoms with Gasteiger partial charge >= 0.3 is 12.1 Å². The molecule has 0 aromatic heterocycles. The third-order valence-corrected chi connectivity index (χ3v) is 5.52. The van der Waals surface area contributed by atoms with Crippen molar-refractivity contribution in [2.24, 2.45) is 0 Å². The lowest BCUT2D eigenvalue weighted by Gasteiger charge is -2.18. The van der Waals surface area contributed by atoms with Gasteiger partial charge in [0.2, 0.25) is 11.8 Å². The molecule has 1 atom stereocenters. The normalized spacial score (nSPS) is 12.7. The highest BCUT2D eigenvalue weighted by molar-refractivity contribution is 5.86. The summed E-state index contributed by atoms with van der Waals surface area (Å²) in [5.41, 5.74) is 4.49. The van der Waals surface area contributed by atoms with Gasteiger partial charge in [-0.2, -0.15) is 0 Å².